The van der Waals surface area contributed by atoms with E-state index in [2.05, 4.69) is 27.0 Å². The summed E-state index contributed by atoms with van der Waals surface area (Å²) in [6, 6.07) is 7.12. The molecule has 0 fully saturated rings. The van der Waals surface area contributed by atoms with E-state index in [0.717, 1.165) is 11.3 Å². The van der Waals surface area contributed by atoms with Crippen LogP contribution in [0.4, 0.5) is 0 Å². The van der Waals surface area contributed by atoms with Crippen molar-refractivity contribution < 1.29 is 4.74 Å². The Morgan fingerprint density at radius 3 is 2.55 bits per heavy atom. The first-order chi connectivity index (χ1) is 9.42. The average Bonchev–Trinajstić information content (AvgIpc) is 2.35. The fourth-order valence-electron chi connectivity index (χ4n) is 1.70. The van der Waals surface area contributed by atoms with Crippen LogP contribution in [0.15, 0.2) is 22.7 Å². The van der Waals surface area contributed by atoms with E-state index in [9.17, 15) is 5.26 Å². The molecule has 3 nitrogen and oxygen atoms in total. The van der Waals surface area contributed by atoms with Gasteiger partial charge in [0.25, 0.3) is 0 Å². The molecule has 0 unspecified atom stereocenters. The van der Waals surface area contributed by atoms with Gasteiger partial charge in [-0.2, -0.15) is 5.26 Å². The predicted molar refractivity (Wildman–Crippen MR) is 82.7 cm³/mol. The van der Waals surface area contributed by atoms with Crippen LogP contribution < -0.4 is 4.74 Å². The van der Waals surface area contributed by atoms with Crippen LogP contribution in [-0.4, -0.2) is 4.98 Å². The van der Waals surface area contributed by atoms with Gasteiger partial charge in [-0.25, -0.2) is 4.98 Å². The monoisotopic (exact) mass is 370 g/mol. The highest BCUT2D eigenvalue weighted by atomic mass is 79.9. The summed E-state index contributed by atoms with van der Waals surface area (Å²) in [6.45, 7) is 3.66. The lowest BCUT2D eigenvalue weighted by atomic mass is 10.1. The highest BCUT2D eigenvalue weighted by Crippen LogP contribution is 2.37. The SMILES string of the molecule is Cc1cc(C)c(C#N)c(Oc2cc(Cl)c(Br)cc2Cl)n1. The molecule has 2 aromatic rings. The molecular weight excluding hydrogens is 363 g/mol. The molecule has 0 amide bonds. The van der Waals surface area contributed by atoms with Crippen molar-refractivity contribution in [3.63, 3.8) is 0 Å². The summed E-state index contributed by atoms with van der Waals surface area (Å²) in [5.74, 6) is 0.583. The molecule has 1 aromatic carbocycles. The second-order valence-corrected chi connectivity index (χ2v) is 5.84. The Bertz CT molecular complexity index is 726. The van der Waals surface area contributed by atoms with Gasteiger partial charge < -0.3 is 4.74 Å². The van der Waals surface area contributed by atoms with Gasteiger partial charge in [0, 0.05) is 16.2 Å². The second kappa shape index (κ2) is 6.01. The third kappa shape index (κ3) is 3.06. The fraction of sp³-hybridized carbons (Fsp3) is 0.143. The summed E-state index contributed by atoms with van der Waals surface area (Å²) in [5.41, 5.74) is 1.94. The van der Waals surface area contributed by atoms with E-state index in [0.29, 0.717) is 25.8 Å². The standard InChI is InChI=1S/C14H9BrCl2N2O/c1-7-3-8(2)19-14(9(7)6-18)20-13-5-11(16)10(15)4-12(13)17/h3-5H,1-2H3. The van der Waals surface area contributed by atoms with Crippen molar-refractivity contribution in [1.82, 2.24) is 4.98 Å². The molecule has 20 heavy (non-hydrogen) atoms. The number of aromatic nitrogens is 1. The molecule has 102 valence electrons. The zero-order valence-corrected chi connectivity index (χ0v) is 13.8. The lowest BCUT2D eigenvalue weighted by molar-refractivity contribution is 0.459. The average molecular weight is 372 g/mol. The minimum absolute atomic E-state index is 0.227. The number of hydrogen-bond donors (Lipinski definition) is 0. The van der Waals surface area contributed by atoms with Crippen LogP contribution in [0.3, 0.4) is 0 Å². The van der Waals surface area contributed by atoms with Crippen molar-refractivity contribution in [3.8, 4) is 17.7 Å². The molecule has 1 aromatic heterocycles. The molecule has 0 N–H and O–H groups in total. The van der Waals surface area contributed by atoms with Crippen LogP contribution in [0.1, 0.15) is 16.8 Å². The molecule has 0 atom stereocenters. The van der Waals surface area contributed by atoms with Gasteiger partial charge in [0.05, 0.1) is 10.0 Å². The normalized spacial score (nSPS) is 10.2. The highest BCUT2D eigenvalue weighted by Gasteiger charge is 2.14. The third-order valence-corrected chi connectivity index (χ3v) is 4.10. The van der Waals surface area contributed by atoms with E-state index in [1.807, 2.05) is 19.9 Å². The molecule has 0 aliphatic carbocycles. The van der Waals surface area contributed by atoms with Crippen molar-refractivity contribution >= 4 is 39.1 Å². The molecule has 0 aliphatic rings. The Morgan fingerprint density at radius 1 is 1.20 bits per heavy atom. The van der Waals surface area contributed by atoms with Gasteiger partial charge in [-0.3, -0.25) is 0 Å². The maximum atomic E-state index is 9.20. The number of nitriles is 1. The fourth-order valence-corrected chi connectivity index (χ4v) is 2.53. The summed E-state index contributed by atoms with van der Waals surface area (Å²) < 4.78 is 6.33. The van der Waals surface area contributed by atoms with Crippen molar-refractivity contribution in [3.05, 3.63) is 49.5 Å². The van der Waals surface area contributed by atoms with Gasteiger partial charge in [-0.05, 0) is 47.5 Å². The number of nitrogens with zero attached hydrogens (tertiary/aromatic N) is 2. The maximum Gasteiger partial charge on any atom is 0.237 e. The first-order valence-corrected chi connectivity index (χ1v) is 7.18. The number of pyridine rings is 1. The van der Waals surface area contributed by atoms with Gasteiger partial charge in [-0.15, -0.1) is 0 Å². The zero-order chi connectivity index (χ0) is 14.9. The van der Waals surface area contributed by atoms with Crippen LogP contribution in [0.5, 0.6) is 11.6 Å². The highest BCUT2D eigenvalue weighted by molar-refractivity contribution is 9.10. The third-order valence-electron chi connectivity index (χ3n) is 2.60. The molecule has 2 rings (SSSR count). The van der Waals surface area contributed by atoms with Crippen molar-refractivity contribution in [2.45, 2.75) is 13.8 Å². The van der Waals surface area contributed by atoms with Crippen LogP contribution in [0.25, 0.3) is 0 Å². The molecular formula is C14H9BrCl2N2O. The number of aryl methyl sites for hydroxylation is 2. The van der Waals surface area contributed by atoms with Gasteiger partial charge in [0.2, 0.25) is 5.88 Å². The number of hydrogen-bond acceptors (Lipinski definition) is 3. The van der Waals surface area contributed by atoms with Crippen LogP contribution in [0.2, 0.25) is 10.0 Å². The summed E-state index contributed by atoms with van der Waals surface area (Å²) in [4.78, 5) is 4.24. The van der Waals surface area contributed by atoms with Gasteiger partial charge >= 0.3 is 0 Å². The first-order valence-electron chi connectivity index (χ1n) is 5.63. The number of benzene rings is 1. The minimum Gasteiger partial charge on any atom is -0.436 e. The second-order valence-electron chi connectivity index (χ2n) is 4.17. The molecule has 6 heteroatoms. The van der Waals surface area contributed by atoms with Gasteiger partial charge in [-0.1, -0.05) is 23.2 Å². The van der Waals surface area contributed by atoms with E-state index in [-0.39, 0.29) is 5.88 Å². The van der Waals surface area contributed by atoms with Crippen molar-refractivity contribution in [2.75, 3.05) is 0 Å². The van der Waals surface area contributed by atoms with E-state index < -0.39 is 0 Å². The first kappa shape index (κ1) is 15.1. The predicted octanol–water partition coefficient (Wildman–Crippen LogP) is 5.43. The van der Waals surface area contributed by atoms with Crippen LogP contribution >= 0.6 is 39.1 Å². The van der Waals surface area contributed by atoms with Gasteiger partial charge in [0.1, 0.15) is 17.4 Å². The van der Waals surface area contributed by atoms with E-state index in [1.165, 1.54) is 0 Å². The molecule has 0 aliphatic heterocycles. The van der Waals surface area contributed by atoms with Crippen LogP contribution in [-0.2, 0) is 0 Å². The molecule has 0 radical (unpaired) electrons. The largest absolute Gasteiger partial charge is 0.436 e. The van der Waals surface area contributed by atoms with Crippen molar-refractivity contribution in [1.29, 1.82) is 5.26 Å². The minimum atomic E-state index is 0.227. The molecule has 0 spiro atoms. The molecule has 1 heterocycles. The Morgan fingerprint density at radius 2 is 1.90 bits per heavy atom. The van der Waals surface area contributed by atoms with E-state index in [1.54, 1.807) is 12.1 Å². The maximum absolute atomic E-state index is 9.20. The zero-order valence-electron chi connectivity index (χ0n) is 10.7. The molecule has 0 saturated heterocycles. The molecule has 0 saturated carbocycles. The van der Waals surface area contributed by atoms with Gasteiger partial charge in [0.15, 0.2) is 0 Å². The topological polar surface area (TPSA) is 45.9 Å². The Kier molecular flexibility index (Phi) is 4.54. The summed E-state index contributed by atoms with van der Waals surface area (Å²) >= 11 is 15.4. The Balaban J connectivity index is 2.51. The summed E-state index contributed by atoms with van der Waals surface area (Å²) in [6.07, 6.45) is 0. The Labute approximate surface area is 135 Å². The Hall–Kier alpha value is -1.28. The smallest absolute Gasteiger partial charge is 0.237 e. The van der Waals surface area contributed by atoms with E-state index >= 15 is 0 Å². The number of ether oxygens (including phenoxy) is 1. The summed E-state index contributed by atoms with van der Waals surface area (Å²) in [7, 11) is 0. The van der Waals surface area contributed by atoms with Crippen molar-refractivity contribution in [2.24, 2.45) is 0 Å². The van der Waals surface area contributed by atoms with E-state index in [4.69, 9.17) is 27.9 Å². The lowest BCUT2D eigenvalue weighted by Gasteiger charge is -2.11. The lowest BCUT2D eigenvalue weighted by Crippen LogP contribution is -1.97. The summed E-state index contributed by atoms with van der Waals surface area (Å²) in [5, 5.41) is 10.0. The van der Waals surface area contributed by atoms with Crippen LogP contribution in [0, 0.1) is 25.2 Å². The number of rotatable bonds is 2. The quantitative estimate of drug-likeness (QED) is 0.661. The molecule has 0 bridgehead atoms. The number of halogens is 3.